The zero-order valence-electron chi connectivity index (χ0n) is 19.0. The summed E-state index contributed by atoms with van der Waals surface area (Å²) in [4.78, 5) is 13.9. The van der Waals surface area contributed by atoms with E-state index in [0.717, 1.165) is 22.3 Å². The maximum absolute atomic E-state index is 13.2. The molecule has 0 atom stereocenters. The van der Waals surface area contributed by atoms with Gasteiger partial charge in [0.1, 0.15) is 18.2 Å². The Morgan fingerprint density at radius 3 is 2.35 bits per heavy atom. The van der Waals surface area contributed by atoms with Crippen LogP contribution in [0.4, 0.5) is 4.39 Å². The second kappa shape index (κ2) is 10.4. The highest BCUT2D eigenvalue weighted by atomic mass is 32.2. The van der Waals surface area contributed by atoms with Gasteiger partial charge >= 0.3 is 0 Å². The monoisotopic (exact) mass is 482 g/mol. The number of rotatable bonds is 7. The lowest BCUT2D eigenvalue weighted by molar-refractivity contribution is -0.130. The number of hydrogen-bond donors (Lipinski definition) is 0. The maximum Gasteiger partial charge on any atom is 0.220 e. The highest BCUT2D eigenvalue weighted by molar-refractivity contribution is 7.88. The van der Waals surface area contributed by atoms with E-state index in [2.05, 4.69) is 0 Å². The van der Waals surface area contributed by atoms with Crippen molar-refractivity contribution in [2.45, 2.75) is 32.3 Å². The fourth-order valence-corrected chi connectivity index (χ4v) is 5.43. The number of benzene rings is 3. The molecule has 1 aliphatic rings. The Morgan fingerprint density at radius 2 is 1.65 bits per heavy atom. The molecule has 1 amide bonds. The second-order valence-corrected chi connectivity index (χ2v) is 10.3. The molecule has 6 nitrogen and oxygen atoms in total. The van der Waals surface area contributed by atoms with Gasteiger partial charge in [-0.15, -0.1) is 0 Å². The Kier molecular flexibility index (Phi) is 7.29. The number of amides is 1. The number of sulfonamides is 1. The number of ether oxygens (including phenoxy) is 1. The molecule has 0 saturated heterocycles. The van der Waals surface area contributed by atoms with Crippen molar-refractivity contribution in [3.05, 3.63) is 101 Å². The molecule has 0 radical (unpaired) electrons. The van der Waals surface area contributed by atoms with E-state index >= 15 is 0 Å². The summed E-state index contributed by atoms with van der Waals surface area (Å²) >= 11 is 0. The Bertz CT molecular complexity index is 1250. The molecule has 178 valence electrons. The SMILES string of the molecule is CC(=O)N(Cc1ccc(F)cc1)Cc1ccc2c(c1)CN(S(=O)(=O)Cc1ccccc1)CCO2. The van der Waals surface area contributed by atoms with Crippen LogP contribution in [-0.2, 0) is 40.2 Å². The molecule has 8 heteroatoms. The zero-order valence-corrected chi connectivity index (χ0v) is 19.8. The topological polar surface area (TPSA) is 66.9 Å². The molecule has 0 unspecified atom stereocenters. The van der Waals surface area contributed by atoms with E-state index in [9.17, 15) is 17.6 Å². The third-order valence-corrected chi connectivity index (χ3v) is 7.56. The summed E-state index contributed by atoms with van der Waals surface area (Å²) < 4.78 is 46.7. The van der Waals surface area contributed by atoms with E-state index in [1.807, 2.05) is 36.4 Å². The molecule has 0 bridgehead atoms. The van der Waals surface area contributed by atoms with Crippen LogP contribution in [0.2, 0.25) is 0 Å². The van der Waals surface area contributed by atoms with E-state index in [1.54, 1.807) is 29.2 Å². The molecule has 0 fully saturated rings. The molecule has 1 aliphatic heterocycles. The van der Waals surface area contributed by atoms with Gasteiger partial charge in [0.25, 0.3) is 0 Å². The minimum absolute atomic E-state index is 0.0708. The van der Waals surface area contributed by atoms with Crippen molar-refractivity contribution >= 4 is 15.9 Å². The van der Waals surface area contributed by atoms with Crippen LogP contribution in [0, 0.1) is 5.82 Å². The fraction of sp³-hybridized carbons (Fsp3) is 0.269. The van der Waals surface area contributed by atoms with Gasteiger partial charge in [0.15, 0.2) is 0 Å². The van der Waals surface area contributed by atoms with E-state index in [1.165, 1.54) is 23.4 Å². The van der Waals surface area contributed by atoms with Crippen LogP contribution in [-0.4, -0.2) is 36.7 Å². The first kappa shape index (κ1) is 23.9. The first-order valence-corrected chi connectivity index (χ1v) is 12.7. The summed E-state index contributed by atoms with van der Waals surface area (Å²) in [6, 6.07) is 20.8. The summed E-state index contributed by atoms with van der Waals surface area (Å²) in [6.07, 6.45) is 0. The second-order valence-electron chi connectivity index (χ2n) is 8.37. The average molecular weight is 483 g/mol. The van der Waals surface area contributed by atoms with Gasteiger partial charge in [0.05, 0.1) is 5.75 Å². The highest BCUT2D eigenvalue weighted by Crippen LogP contribution is 2.27. The van der Waals surface area contributed by atoms with Crippen molar-refractivity contribution in [3.8, 4) is 5.75 Å². The van der Waals surface area contributed by atoms with Gasteiger partial charge in [0.2, 0.25) is 15.9 Å². The van der Waals surface area contributed by atoms with Gasteiger partial charge in [-0.05, 0) is 41.0 Å². The summed E-state index contributed by atoms with van der Waals surface area (Å²) in [7, 11) is -3.54. The van der Waals surface area contributed by atoms with Crippen molar-refractivity contribution < 1.29 is 22.3 Å². The minimum atomic E-state index is -3.54. The maximum atomic E-state index is 13.2. The molecule has 0 saturated carbocycles. The number of carbonyl (C=O) groups excluding carboxylic acids is 1. The molecule has 0 spiro atoms. The highest BCUT2D eigenvalue weighted by Gasteiger charge is 2.26. The van der Waals surface area contributed by atoms with Crippen LogP contribution in [0.3, 0.4) is 0 Å². The summed E-state index contributed by atoms with van der Waals surface area (Å²) in [6.45, 7) is 2.93. The molecule has 0 aromatic heterocycles. The van der Waals surface area contributed by atoms with Crippen molar-refractivity contribution in [3.63, 3.8) is 0 Å². The molecular formula is C26H27FN2O4S. The fourth-order valence-electron chi connectivity index (χ4n) is 3.94. The Balaban J connectivity index is 1.51. The standard InChI is InChI=1S/C26H27FN2O4S/c1-20(30)28(16-21-7-10-25(27)11-8-21)17-23-9-12-26-24(15-23)18-29(13-14-33-26)34(31,32)19-22-5-3-2-4-6-22/h2-12,15H,13-14,16-19H2,1H3. The van der Waals surface area contributed by atoms with Gasteiger partial charge in [-0.25, -0.2) is 12.8 Å². The van der Waals surface area contributed by atoms with E-state index in [-0.39, 0.29) is 37.2 Å². The quantitative estimate of drug-likeness (QED) is 0.509. The first-order valence-electron chi connectivity index (χ1n) is 11.1. The summed E-state index contributed by atoms with van der Waals surface area (Å²) in [5, 5.41) is 0. The lowest BCUT2D eigenvalue weighted by Gasteiger charge is -2.22. The van der Waals surface area contributed by atoms with E-state index in [4.69, 9.17) is 4.74 Å². The Morgan fingerprint density at radius 1 is 0.971 bits per heavy atom. The van der Waals surface area contributed by atoms with E-state index < -0.39 is 10.0 Å². The number of hydrogen-bond acceptors (Lipinski definition) is 4. The largest absolute Gasteiger partial charge is 0.492 e. The van der Waals surface area contributed by atoms with Crippen LogP contribution in [0.1, 0.15) is 29.2 Å². The normalized spacial score (nSPS) is 14.1. The van der Waals surface area contributed by atoms with Crippen LogP contribution in [0.25, 0.3) is 0 Å². The molecule has 1 heterocycles. The average Bonchev–Trinajstić information content (AvgIpc) is 3.03. The van der Waals surface area contributed by atoms with Gasteiger partial charge in [-0.3, -0.25) is 4.79 Å². The number of halogens is 1. The van der Waals surface area contributed by atoms with Gasteiger partial charge in [-0.1, -0.05) is 48.5 Å². The van der Waals surface area contributed by atoms with Crippen molar-refractivity contribution in [1.82, 2.24) is 9.21 Å². The summed E-state index contributed by atoms with van der Waals surface area (Å²) in [5.74, 6) is 0.144. The van der Waals surface area contributed by atoms with Gasteiger partial charge in [0, 0.05) is 38.7 Å². The van der Waals surface area contributed by atoms with Crippen molar-refractivity contribution in [2.75, 3.05) is 13.2 Å². The molecular weight excluding hydrogens is 455 g/mol. The van der Waals surface area contributed by atoms with Crippen LogP contribution in [0.5, 0.6) is 5.75 Å². The lowest BCUT2D eigenvalue weighted by atomic mass is 10.1. The smallest absolute Gasteiger partial charge is 0.220 e. The number of carbonyl (C=O) groups is 1. The van der Waals surface area contributed by atoms with Crippen LogP contribution >= 0.6 is 0 Å². The number of nitrogens with zero attached hydrogens (tertiary/aromatic N) is 2. The molecule has 0 aliphatic carbocycles. The molecule has 3 aromatic carbocycles. The van der Waals surface area contributed by atoms with Crippen LogP contribution in [0.15, 0.2) is 72.8 Å². The Labute approximate surface area is 199 Å². The van der Waals surface area contributed by atoms with Crippen LogP contribution < -0.4 is 4.74 Å². The molecule has 34 heavy (non-hydrogen) atoms. The zero-order chi connectivity index (χ0) is 24.1. The van der Waals surface area contributed by atoms with Crippen molar-refractivity contribution in [2.24, 2.45) is 0 Å². The molecule has 3 aromatic rings. The lowest BCUT2D eigenvalue weighted by Crippen LogP contribution is -2.33. The third kappa shape index (κ3) is 6.01. The first-order chi connectivity index (χ1) is 16.3. The summed E-state index contributed by atoms with van der Waals surface area (Å²) in [5.41, 5.74) is 3.19. The minimum Gasteiger partial charge on any atom is -0.492 e. The predicted octanol–water partition coefficient (Wildman–Crippen LogP) is 4.10. The Hall–Kier alpha value is -3.23. The van der Waals surface area contributed by atoms with Gasteiger partial charge in [-0.2, -0.15) is 4.31 Å². The van der Waals surface area contributed by atoms with Gasteiger partial charge < -0.3 is 9.64 Å². The third-order valence-electron chi connectivity index (χ3n) is 5.76. The molecule has 4 rings (SSSR count). The molecule has 0 N–H and O–H groups in total. The number of fused-ring (bicyclic) bond motifs is 1. The van der Waals surface area contributed by atoms with E-state index in [0.29, 0.717) is 18.8 Å². The van der Waals surface area contributed by atoms with Crippen molar-refractivity contribution in [1.29, 1.82) is 0 Å². The predicted molar refractivity (Wildman–Crippen MR) is 128 cm³/mol.